The van der Waals surface area contributed by atoms with E-state index >= 15 is 0 Å². The first-order valence-electron chi connectivity index (χ1n) is 5.87. The molecule has 2 aromatic carbocycles. The number of halogens is 2. The highest BCUT2D eigenvalue weighted by atomic mass is 19.1. The number of fused-ring (bicyclic) bond motifs is 1. The number of carbonyl (C=O) groups is 1. The Hall–Kier alpha value is -2.69. The number of H-pyrrole nitrogens is 1. The summed E-state index contributed by atoms with van der Waals surface area (Å²) in [4.78, 5) is 14.1. The molecule has 2 N–H and O–H groups in total. The topological polar surface area (TPSA) is 53.1 Å². The number of nitrogens with one attached hydrogen (secondary N) is 1. The number of hydrogen-bond acceptors (Lipinski definition) is 1. The van der Waals surface area contributed by atoms with Crippen LogP contribution in [0.2, 0.25) is 0 Å². The number of aromatic nitrogens is 1. The van der Waals surface area contributed by atoms with Gasteiger partial charge in [-0.05, 0) is 35.9 Å². The quantitative estimate of drug-likeness (QED) is 0.746. The second kappa shape index (κ2) is 4.45. The minimum absolute atomic E-state index is 0.0443. The molecule has 0 fully saturated rings. The predicted molar refractivity (Wildman–Crippen MR) is 70.6 cm³/mol. The van der Waals surface area contributed by atoms with Crippen LogP contribution in [0, 0.1) is 11.6 Å². The molecule has 3 rings (SSSR count). The zero-order valence-corrected chi connectivity index (χ0v) is 10.2. The van der Waals surface area contributed by atoms with Crippen LogP contribution in [0.25, 0.3) is 22.0 Å². The Morgan fingerprint density at radius 3 is 2.30 bits per heavy atom. The van der Waals surface area contributed by atoms with Crippen molar-refractivity contribution in [1.29, 1.82) is 0 Å². The van der Waals surface area contributed by atoms with Crippen molar-refractivity contribution in [2.45, 2.75) is 0 Å². The third kappa shape index (κ3) is 1.93. The Labute approximate surface area is 112 Å². The lowest BCUT2D eigenvalue weighted by Crippen LogP contribution is -1.98. The van der Waals surface area contributed by atoms with Gasteiger partial charge in [-0.1, -0.05) is 12.1 Å². The standard InChI is InChI=1S/C15H9F2NO2/c16-9-3-1-8(2-4-9)13-11-7-10(17)5-6-12(11)18-14(13)15(19)20/h1-7,18H,(H,19,20). The van der Waals surface area contributed by atoms with Gasteiger partial charge < -0.3 is 10.1 Å². The van der Waals surface area contributed by atoms with Crippen molar-refractivity contribution in [3.05, 3.63) is 59.8 Å². The van der Waals surface area contributed by atoms with Crippen molar-refractivity contribution in [2.75, 3.05) is 0 Å². The predicted octanol–water partition coefficient (Wildman–Crippen LogP) is 3.81. The summed E-state index contributed by atoms with van der Waals surface area (Å²) in [6.45, 7) is 0. The molecular weight excluding hydrogens is 264 g/mol. The normalized spacial score (nSPS) is 10.9. The van der Waals surface area contributed by atoms with Crippen molar-refractivity contribution in [3.8, 4) is 11.1 Å². The van der Waals surface area contributed by atoms with Crippen molar-refractivity contribution < 1.29 is 18.7 Å². The lowest BCUT2D eigenvalue weighted by molar-refractivity contribution is 0.0692. The second-order valence-electron chi connectivity index (χ2n) is 4.38. The molecule has 0 radical (unpaired) electrons. The van der Waals surface area contributed by atoms with Gasteiger partial charge in [0.05, 0.1) is 0 Å². The van der Waals surface area contributed by atoms with E-state index in [1.807, 2.05) is 0 Å². The Bertz CT molecular complexity index is 807. The molecule has 20 heavy (non-hydrogen) atoms. The summed E-state index contributed by atoms with van der Waals surface area (Å²) in [5, 5.41) is 9.71. The first-order chi connectivity index (χ1) is 9.56. The average Bonchev–Trinajstić information content (AvgIpc) is 2.78. The van der Waals surface area contributed by atoms with E-state index in [0.29, 0.717) is 22.0 Å². The molecule has 3 nitrogen and oxygen atoms in total. The Morgan fingerprint density at radius 1 is 1.00 bits per heavy atom. The van der Waals surface area contributed by atoms with E-state index in [0.717, 1.165) is 0 Å². The minimum Gasteiger partial charge on any atom is -0.477 e. The molecular formula is C15H9F2NO2. The van der Waals surface area contributed by atoms with Gasteiger partial charge in [0.15, 0.2) is 0 Å². The van der Waals surface area contributed by atoms with Crippen LogP contribution in [-0.2, 0) is 0 Å². The monoisotopic (exact) mass is 273 g/mol. The van der Waals surface area contributed by atoms with Gasteiger partial charge in [0.1, 0.15) is 17.3 Å². The summed E-state index contributed by atoms with van der Waals surface area (Å²) < 4.78 is 26.4. The van der Waals surface area contributed by atoms with E-state index in [1.165, 1.54) is 42.5 Å². The van der Waals surface area contributed by atoms with Gasteiger partial charge >= 0.3 is 5.97 Å². The Kier molecular flexibility index (Phi) is 2.75. The Balaban J connectivity index is 2.36. The lowest BCUT2D eigenvalue weighted by Gasteiger charge is -2.02. The van der Waals surface area contributed by atoms with Gasteiger partial charge in [-0.2, -0.15) is 0 Å². The van der Waals surface area contributed by atoms with E-state index in [9.17, 15) is 18.7 Å². The van der Waals surface area contributed by atoms with E-state index in [-0.39, 0.29) is 5.69 Å². The maximum atomic E-state index is 13.4. The van der Waals surface area contributed by atoms with Crippen LogP contribution in [0.1, 0.15) is 10.5 Å². The molecule has 0 aliphatic carbocycles. The highest BCUT2D eigenvalue weighted by Gasteiger charge is 2.18. The number of rotatable bonds is 2. The van der Waals surface area contributed by atoms with Gasteiger partial charge in [-0.3, -0.25) is 0 Å². The third-order valence-corrected chi connectivity index (χ3v) is 3.11. The molecule has 100 valence electrons. The molecule has 0 unspecified atom stereocenters. The first-order valence-corrected chi connectivity index (χ1v) is 5.87. The summed E-state index contributed by atoms with van der Waals surface area (Å²) in [5.74, 6) is -2.03. The van der Waals surface area contributed by atoms with Crippen molar-refractivity contribution in [1.82, 2.24) is 4.98 Å². The molecule has 0 saturated heterocycles. The molecule has 1 heterocycles. The van der Waals surface area contributed by atoms with Crippen LogP contribution in [-0.4, -0.2) is 16.1 Å². The number of carboxylic acids is 1. The molecule has 0 amide bonds. The molecule has 0 saturated carbocycles. The number of aromatic amines is 1. The molecule has 0 atom stereocenters. The molecule has 0 aliphatic heterocycles. The summed E-state index contributed by atoms with van der Waals surface area (Å²) in [7, 11) is 0. The van der Waals surface area contributed by atoms with Gasteiger partial charge in [0, 0.05) is 16.5 Å². The zero-order valence-electron chi connectivity index (χ0n) is 10.2. The maximum absolute atomic E-state index is 13.4. The van der Waals surface area contributed by atoms with Gasteiger partial charge in [0.2, 0.25) is 0 Å². The molecule has 1 aromatic heterocycles. The van der Waals surface area contributed by atoms with E-state index in [4.69, 9.17) is 0 Å². The van der Waals surface area contributed by atoms with Crippen LogP contribution < -0.4 is 0 Å². The zero-order chi connectivity index (χ0) is 14.3. The summed E-state index contributed by atoms with van der Waals surface area (Å²) in [6.07, 6.45) is 0. The number of hydrogen-bond donors (Lipinski definition) is 2. The van der Waals surface area contributed by atoms with Gasteiger partial charge in [0.25, 0.3) is 0 Å². The number of benzene rings is 2. The van der Waals surface area contributed by atoms with E-state index in [2.05, 4.69) is 4.98 Å². The van der Waals surface area contributed by atoms with Crippen molar-refractivity contribution >= 4 is 16.9 Å². The van der Waals surface area contributed by atoms with Gasteiger partial charge in [-0.15, -0.1) is 0 Å². The molecule has 0 spiro atoms. The van der Waals surface area contributed by atoms with Crippen LogP contribution in [0.3, 0.4) is 0 Å². The summed E-state index contributed by atoms with van der Waals surface area (Å²) in [6, 6.07) is 9.39. The van der Waals surface area contributed by atoms with Crippen LogP contribution in [0.4, 0.5) is 8.78 Å². The van der Waals surface area contributed by atoms with Crippen LogP contribution in [0.5, 0.6) is 0 Å². The number of aromatic carboxylic acids is 1. The minimum atomic E-state index is -1.15. The fourth-order valence-electron chi connectivity index (χ4n) is 2.24. The SMILES string of the molecule is O=C(O)c1[nH]c2ccc(F)cc2c1-c1ccc(F)cc1. The average molecular weight is 273 g/mol. The van der Waals surface area contributed by atoms with Crippen LogP contribution in [0.15, 0.2) is 42.5 Å². The summed E-state index contributed by atoms with van der Waals surface area (Å²) >= 11 is 0. The Morgan fingerprint density at radius 2 is 1.65 bits per heavy atom. The smallest absolute Gasteiger partial charge is 0.352 e. The fraction of sp³-hybridized carbons (Fsp3) is 0. The van der Waals surface area contributed by atoms with E-state index in [1.54, 1.807) is 0 Å². The molecule has 0 aliphatic rings. The molecule has 5 heteroatoms. The largest absolute Gasteiger partial charge is 0.477 e. The maximum Gasteiger partial charge on any atom is 0.352 e. The van der Waals surface area contributed by atoms with Gasteiger partial charge in [-0.25, -0.2) is 13.6 Å². The third-order valence-electron chi connectivity index (χ3n) is 3.11. The van der Waals surface area contributed by atoms with Crippen molar-refractivity contribution in [2.24, 2.45) is 0 Å². The highest BCUT2D eigenvalue weighted by molar-refractivity contribution is 6.07. The lowest BCUT2D eigenvalue weighted by atomic mass is 10.0. The molecule has 3 aromatic rings. The van der Waals surface area contributed by atoms with Crippen molar-refractivity contribution in [3.63, 3.8) is 0 Å². The molecule has 0 bridgehead atoms. The second-order valence-corrected chi connectivity index (χ2v) is 4.38. The highest BCUT2D eigenvalue weighted by Crippen LogP contribution is 2.33. The van der Waals surface area contributed by atoms with Crippen LogP contribution >= 0.6 is 0 Å². The van der Waals surface area contributed by atoms with E-state index < -0.39 is 17.6 Å². The number of carboxylic acid groups (broad SMARTS) is 1. The fourth-order valence-corrected chi connectivity index (χ4v) is 2.24. The first kappa shape index (κ1) is 12.3. The summed E-state index contributed by atoms with van der Waals surface area (Å²) in [5.41, 5.74) is 1.34.